The second-order valence-corrected chi connectivity index (χ2v) is 7.37. The Kier molecular flexibility index (Phi) is 5.06. The minimum absolute atomic E-state index is 0.149. The Bertz CT molecular complexity index is 755. The summed E-state index contributed by atoms with van der Waals surface area (Å²) in [5.74, 6) is 1.03. The normalized spacial score (nSPS) is 18.8. The number of carbonyl (C=O) groups excluding carboxylic acids is 1. The van der Waals surface area contributed by atoms with E-state index in [4.69, 9.17) is 4.42 Å². The van der Waals surface area contributed by atoms with Crippen LogP contribution in [0.25, 0.3) is 11.0 Å². The lowest BCUT2D eigenvalue weighted by molar-refractivity contribution is 0.0732. The largest absolute Gasteiger partial charge is 0.451 e. The Hall–Kier alpha value is -1.75. The number of fused-ring (bicyclic) bond motifs is 1. The lowest BCUT2D eigenvalue weighted by Crippen LogP contribution is -2.36. The monoisotopic (exact) mass is 331 g/mol. The van der Waals surface area contributed by atoms with Gasteiger partial charge in [0.1, 0.15) is 5.58 Å². The summed E-state index contributed by atoms with van der Waals surface area (Å²) in [5.41, 5.74) is 0.308. The molecule has 23 heavy (non-hydrogen) atoms. The van der Waals surface area contributed by atoms with Crippen molar-refractivity contribution >= 4 is 28.6 Å². The molecular weight excluding hydrogens is 310 g/mol. The molecule has 1 aromatic heterocycles. The first kappa shape index (κ1) is 16.1. The van der Waals surface area contributed by atoms with Crippen LogP contribution in [0.3, 0.4) is 0 Å². The van der Waals surface area contributed by atoms with Crippen molar-refractivity contribution in [2.75, 3.05) is 18.8 Å². The molecular formula is C18H21NO3S. The SMILES string of the molecule is CCSC1CCCCN(C(=O)c2cc(=O)c3ccccc3o2)C1. The smallest absolute Gasteiger partial charge is 0.289 e. The molecule has 0 bridgehead atoms. The minimum atomic E-state index is -0.170. The number of para-hydroxylation sites is 1. The van der Waals surface area contributed by atoms with Crippen molar-refractivity contribution in [2.24, 2.45) is 0 Å². The highest BCUT2D eigenvalue weighted by Gasteiger charge is 2.25. The van der Waals surface area contributed by atoms with Crippen LogP contribution in [0.2, 0.25) is 0 Å². The zero-order chi connectivity index (χ0) is 16.2. The lowest BCUT2D eigenvalue weighted by Gasteiger charge is -2.23. The summed E-state index contributed by atoms with van der Waals surface area (Å²) in [6.45, 7) is 3.61. The quantitative estimate of drug-likeness (QED) is 0.863. The van der Waals surface area contributed by atoms with Gasteiger partial charge in [-0.3, -0.25) is 9.59 Å². The van der Waals surface area contributed by atoms with Crippen LogP contribution in [-0.4, -0.2) is 34.9 Å². The number of thioether (sulfide) groups is 1. The van der Waals surface area contributed by atoms with E-state index in [2.05, 4.69) is 6.92 Å². The van der Waals surface area contributed by atoms with E-state index in [-0.39, 0.29) is 17.1 Å². The van der Waals surface area contributed by atoms with Crippen molar-refractivity contribution in [3.05, 3.63) is 46.3 Å². The molecule has 1 aromatic carbocycles. The van der Waals surface area contributed by atoms with E-state index in [0.717, 1.165) is 38.1 Å². The zero-order valence-corrected chi connectivity index (χ0v) is 14.1. The number of amides is 1. The van der Waals surface area contributed by atoms with Gasteiger partial charge in [-0.15, -0.1) is 0 Å². The molecule has 1 aliphatic heterocycles. The third-order valence-electron chi connectivity index (χ3n) is 4.16. The fraction of sp³-hybridized carbons (Fsp3) is 0.444. The highest BCUT2D eigenvalue weighted by molar-refractivity contribution is 7.99. The predicted molar refractivity (Wildman–Crippen MR) is 94.2 cm³/mol. The molecule has 122 valence electrons. The van der Waals surface area contributed by atoms with Gasteiger partial charge in [-0.2, -0.15) is 11.8 Å². The molecule has 1 atom stereocenters. The Labute approximate surface area is 139 Å². The molecule has 1 saturated heterocycles. The van der Waals surface area contributed by atoms with E-state index in [1.54, 1.807) is 24.3 Å². The highest BCUT2D eigenvalue weighted by Crippen LogP contribution is 2.23. The van der Waals surface area contributed by atoms with E-state index in [9.17, 15) is 9.59 Å². The van der Waals surface area contributed by atoms with Crippen molar-refractivity contribution in [3.63, 3.8) is 0 Å². The van der Waals surface area contributed by atoms with E-state index in [1.165, 1.54) is 6.07 Å². The second-order valence-electron chi connectivity index (χ2n) is 5.80. The molecule has 1 aliphatic rings. The van der Waals surface area contributed by atoms with E-state index < -0.39 is 0 Å². The van der Waals surface area contributed by atoms with Crippen LogP contribution in [0.4, 0.5) is 0 Å². The van der Waals surface area contributed by atoms with Crippen molar-refractivity contribution in [2.45, 2.75) is 31.4 Å². The van der Waals surface area contributed by atoms with Crippen molar-refractivity contribution in [1.29, 1.82) is 0 Å². The van der Waals surface area contributed by atoms with E-state index >= 15 is 0 Å². The highest BCUT2D eigenvalue weighted by atomic mass is 32.2. The summed E-state index contributed by atoms with van der Waals surface area (Å²) in [7, 11) is 0. The molecule has 0 N–H and O–H groups in total. The molecule has 0 spiro atoms. The van der Waals surface area contributed by atoms with Crippen LogP contribution in [0.15, 0.2) is 39.5 Å². The molecule has 2 heterocycles. The number of rotatable bonds is 3. The number of benzene rings is 1. The maximum Gasteiger partial charge on any atom is 0.289 e. The Morgan fingerprint density at radius 3 is 3.00 bits per heavy atom. The van der Waals surface area contributed by atoms with Gasteiger partial charge in [0.05, 0.1) is 5.39 Å². The average molecular weight is 331 g/mol. The first-order valence-electron chi connectivity index (χ1n) is 8.13. The van der Waals surface area contributed by atoms with E-state index in [0.29, 0.717) is 16.2 Å². The van der Waals surface area contributed by atoms with Gasteiger partial charge in [-0.25, -0.2) is 0 Å². The topological polar surface area (TPSA) is 50.5 Å². The van der Waals surface area contributed by atoms with Crippen LogP contribution in [0.1, 0.15) is 36.7 Å². The van der Waals surface area contributed by atoms with Crippen LogP contribution in [0, 0.1) is 0 Å². The number of hydrogen-bond acceptors (Lipinski definition) is 4. The van der Waals surface area contributed by atoms with E-state index in [1.807, 2.05) is 16.7 Å². The summed E-state index contributed by atoms with van der Waals surface area (Å²) in [4.78, 5) is 26.8. The average Bonchev–Trinajstić information content (AvgIpc) is 2.80. The molecule has 0 radical (unpaired) electrons. The van der Waals surface area contributed by atoms with Crippen LogP contribution in [0.5, 0.6) is 0 Å². The molecule has 4 nitrogen and oxygen atoms in total. The maximum absolute atomic E-state index is 12.8. The first-order valence-corrected chi connectivity index (χ1v) is 9.17. The first-order chi connectivity index (χ1) is 11.2. The zero-order valence-electron chi connectivity index (χ0n) is 13.3. The summed E-state index contributed by atoms with van der Waals surface area (Å²) in [6, 6.07) is 8.37. The van der Waals surface area contributed by atoms with Crippen LogP contribution >= 0.6 is 11.8 Å². The molecule has 3 rings (SSSR count). The van der Waals surface area contributed by atoms with Gasteiger partial charge in [0, 0.05) is 24.4 Å². The summed E-state index contributed by atoms with van der Waals surface area (Å²) in [6.07, 6.45) is 3.29. The van der Waals surface area contributed by atoms with Crippen molar-refractivity contribution < 1.29 is 9.21 Å². The summed E-state index contributed by atoms with van der Waals surface area (Å²) in [5, 5.41) is 0.984. The third-order valence-corrected chi connectivity index (χ3v) is 5.35. The maximum atomic E-state index is 12.8. The molecule has 1 amide bonds. The third kappa shape index (κ3) is 3.61. The van der Waals surface area contributed by atoms with Crippen molar-refractivity contribution in [3.8, 4) is 0 Å². The Morgan fingerprint density at radius 1 is 1.35 bits per heavy atom. The van der Waals surface area contributed by atoms with Crippen molar-refractivity contribution in [1.82, 2.24) is 4.90 Å². The molecule has 5 heteroatoms. The molecule has 0 saturated carbocycles. The van der Waals surface area contributed by atoms with Gasteiger partial charge in [-0.05, 0) is 30.7 Å². The van der Waals surface area contributed by atoms with Gasteiger partial charge in [0.25, 0.3) is 5.91 Å². The van der Waals surface area contributed by atoms with Gasteiger partial charge in [-0.1, -0.05) is 25.5 Å². The molecule has 1 fully saturated rings. The molecule has 2 aromatic rings. The summed E-state index contributed by atoms with van der Waals surface area (Å²) >= 11 is 1.90. The van der Waals surface area contributed by atoms with Gasteiger partial charge in [0.2, 0.25) is 0 Å². The van der Waals surface area contributed by atoms with Gasteiger partial charge >= 0.3 is 0 Å². The Balaban J connectivity index is 1.88. The lowest BCUT2D eigenvalue weighted by atomic mass is 10.2. The summed E-state index contributed by atoms with van der Waals surface area (Å²) < 4.78 is 5.70. The minimum Gasteiger partial charge on any atom is -0.451 e. The number of likely N-dealkylation sites (tertiary alicyclic amines) is 1. The molecule has 1 unspecified atom stereocenters. The Morgan fingerprint density at radius 2 is 2.17 bits per heavy atom. The van der Waals surface area contributed by atoms with Gasteiger partial charge < -0.3 is 9.32 Å². The van der Waals surface area contributed by atoms with Gasteiger partial charge in [0.15, 0.2) is 11.2 Å². The predicted octanol–water partition coefficient (Wildman–Crippen LogP) is 3.54. The fourth-order valence-corrected chi connectivity index (χ4v) is 4.11. The number of nitrogens with zero attached hydrogens (tertiary/aromatic N) is 1. The van der Waals surface area contributed by atoms with Crippen LogP contribution < -0.4 is 5.43 Å². The molecule has 0 aliphatic carbocycles. The number of hydrogen-bond donors (Lipinski definition) is 0. The fourth-order valence-electron chi connectivity index (χ4n) is 3.02. The number of carbonyl (C=O) groups is 1. The standard InChI is InChI=1S/C18H21NO3S/c1-2-23-13-7-5-6-10-19(12-13)18(21)17-11-15(20)14-8-3-4-9-16(14)22-17/h3-4,8-9,11,13H,2,5-7,10,12H2,1H3. The second kappa shape index (κ2) is 7.21. The van der Waals surface area contributed by atoms with Crippen LogP contribution in [-0.2, 0) is 0 Å².